The highest BCUT2D eigenvalue weighted by Gasteiger charge is 2.27. The van der Waals surface area contributed by atoms with Crippen LogP contribution in [-0.2, 0) is 9.53 Å². The summed E-state index contributed by atoms with van der Waals surface area (Å²) in [5.74, 6) is 0.300. The van der Waals surface area contributed by atoms with Crippen molar-refractivity contribution in [3.05, 3.63) is 28.4 Å². The first-order chi connectivity index (χ1) is 12.2. The van der Waals surface area contributed by atoms with E-state index in [-0.39, 0.29) is 23.8 Å². The van der Waals surface area contributed by atoms with Crippen LogP contribution in [0.4, 0.5) is 0 Å². The lowest BCUT2D eigenvalue weighted by Gasteiger charge is -2.28. The maximum absolute atomic E-state index is 12.8. The fourth-order valence-electron chi connectivity index (χ4n) is 2.28. The molecule has 26 heavy (non-hydrogen) atoms. The molecular formula is C17H24Cl4N2O2S. The Bertz CT molecular complexity index is 581. The van der Waals surface area contributed by atoms with Crippen molar-refractivity contribution in [1.82, 2.24) is 9.88 Å². The Morgan fingerprint density at radius 2 is 1.88 bits per heavy atom. The van der Waals surface area contributed by atoms with Gasteiger partial charge in [0.2, 0.25) is 5.91 Å². The highest BCUT2D eigenvalue weighted by atomic mass is 35.5. The van der Waals surface area contributed by atoms with Gasteiger partial charge >= 0.3 is 0 Å². The predicted molar refractivity (Wildman–Crippen MR) is 111 cm³/mol. The summed E-state index contributed by atoms with van der Waals surface area (Å²) >= 11 is 25.3. The molecule has 0 bridgehead atoms. The van der Waals surface area contributed by atoms with Gasteiger partial charge in [-0.3, -0.25) is 4.79 Å². The molecule has 9 heteroatoms. The molecule has 3 unspecified atom stereocenters. The van der Waals surface area contributed by atoms with Gasteiger partial charge in [-0.05, 0) is 18.3 Å². The summed E-state index contributed by atoms with van der Waals surface area (Å²) < 4.78 is 5.32. The minimum Gasteiger partial charge on any atom is -0.501 e. The molecule has 3 atom stereocenters. The van der Waals surface area contributed by atoms with E-state index in [2.05, 4.69) is 4.98 Å². The van der Waals surface area contributed by atoms with Crippen molar-refractivity contribution >= 4 is 63.6 Å². The van der Waals surface area contributed by atoms with E-state index >= 15 is 0 Å². The monoisotopic (exact) mass is 460 g/mol. The van der Waals surface area contributed by atoms with Crippen LogP contribution in [0.1, 0.15) is 37.7 Å². The topological polar surface area (TPSA) is 42.4 Å². The number of alkyl halides is 4. The number of rotatable bonds is 10. The Morgan fingerprint density at radius 1 is 1.27 bits per heavy atom. The number of aromatic nitrogens is 1. The zero-order valence-electron chi connectivity index (χ0n) is 15.2. The summed E-state index contributed by atoms with van der Waals surface area (Å²) in [6.07, 6.45) is 4.26. The van der Waals surface area contributed by atoms with E-state index in [0.717, 1.165) is 5.01 Å². The van der Waals surface area contributed by atoms with E-state index in [9.17, 15) is 4.79 Å². The van der Waals surface area contributed by atoms with Gasteiger partial charge in [-0.25, -0.2) is 4.98 Å². The molecular weight excluding hydrogens is 438 g/mol. The van der Waals surface area contributed by atoms with Crippen LogP contribution in [0, 0.1) is 11.8 Å². The first kappa shape index (κ1) is 23.8. The van der Waals surface area contributed by atoms with Gasteiger partial charge in [-0.15, -0.1) is 57.7 Å². The third kappa shape index (κ3) is 7.43. The van der Waals surface area contributed by atoms with Gasteiger partial charge in [0.1, 0.15) is 20.4 Å². The number of methoxy groups -OCH3 is 1. The van der Waals surface area contributed by atoms with Crippen LogP contribution >= 0.6 is 57.7 Å². The molecule has 0 aromatic carbocycles. The number of carbonyl (C=O) groups is 1. The van der Waals surface area contributed by atoms with E-state index in [1.807, 2.05) is 19.2 Å². The molecule has 0 aliphatic heterocycles. The predicted octanol–water partition coefficient (Wildman–Crippen LogP) is 5.83. The summed E-state index contributed by atoms with van der Waals surface area (Å²) in [5.41, 5.74) is 0. The van der Waals surface area contributed by atoms with Gasteiger partial charge in [0.15, 0.2) is 0 Å². The number of halogens is 4. The minimum atomic E-state index is -0.533. The Kier molecular flexibility index (Phi) is 10.6. The van der Waals surface area contributed by atoms with Crippen LogP contribution in [0.2, 0.25) is 0 Å². The Balaban J connectivity index is 2.96. The number of nitrogens with zero attached hydrogens (tertiary/aromatic N) is 2. The van der Waals surface area contributed by atoms with Crippen molar-refractivity contribution in [3.63, 3.8) is 0 Å². The molecule has 0 N–H and O–H groups in total. The third-order valence-corrected chi connectivity index (χ3v) is 6.67. The summed E-state index contributed by atoms with van der Waals surface area (Å²) in [7, 11) is 3.26. The molecule has 148 valence electrons. The third-order valence-electron chi connectivity index (χ3n) is 4.08. The molecule has 1 rings (SSSR count). The number of hydrogen-bond acceptors (Lipinski definition) is 4. The first-order valence-electron chi connectivity index (χ1n) is 8.14. The fraction of sp³-hybridized carbons (Fsp3) is 0.647. The molecule has 0 radical (unpaired) electrons. The highest BCUT2D eigenvalue weighted by molar-refractivity contribution is 7.09. The minimum absolute atomic E-state index is 0.00151. The quantitative estimate of drug-likeness (QED) is 0.250. The van der Waals surface area contributed by atoms with Crippen molar-refractivity contribution in [2.24, 2.45) is 11.8 Å². The normalized spacial score (nSPS) is 15.8. The number of ether oxygens (including phenoxy) is 1. The Labute approximate surface area is 179 Å². The fourth-order valence-corrected chi connectivity index (χ4v) is 3.46. The lowest BCUT2D eigenvalue weighted by molar-refractivity contribution is -0.127. The second-order valence-electron chi connectivity index (χ2n) is 6.21. The van der Waals surface area contributed by atoms with Crippen molar-refractivity contribution < 1.29 is 9.53 Å². The first-order valence-corrected chi connectivity index (χ1v) is 10.8. The zero-order chi connectivity index (χ0) is 19.9. The van der Waals surface area contributed by atoms with Gasteiger partial charge in [-0.2, -0.15) is 0 Å². The van der Waals surface area contributed by atoms with Crippen molar-refractivity contribution in [1.29, 1.82) is 0 Å². The van der Waals surface area contributed by atoms with E-state index in [4.69, 9.17) is 51.1 Å². The molecule has 0 fully saturated rings. The van der Waals surface area contributed by atoms with Crippen molar-refractivity contribution in [2.75, 3.05) is 14.2 Å². The van der Waals surface area contributed by atoms with Gasteiger partial charge in [0, 0.05) is 31.1 Å². The van der Waals surface area contributed by atoms with Gasteiger partial charge in [0.25, 0.3) is 0 Å². The number of carbonyl (C=O) groups excluding carboxylic acids is 1. The van der Waals surface area contributed by atoms with E-state index in [0.29, 0.717) is 18.6 Å². The lowest BCUT2D eigenvalue weighted by Crippen LogP contribution is -2.32. The standard InChI is InChI=1S/C17H24Cl4N2O2S/c1-10(15(18)19)7-12(25-4)9-14(24)23(3)13(8-11(2)16(20)21)17-22-5-6-26-17/h5-6,9-11,13,15-16H,7-8H2,1-4H3/b12-9+. The summed E-state index contributed by atoms with van der Waals surface area (Å²) in [5, 5.41) is 2.72. The van der Waals surface area contributed by atoms with E-state index in [1.54, 1.807) is 18.1 Å². The maximum atomic E-state index is 12.8. The molecule has 0 aliphatic rings. The lowest BCUT2D eigenvalue weighted by atomic mass is 10.0. The molecule has 1 aromatic rings. The molecule has 1 aromatic heterocycles. The number of allylic oxidation sites excluding steroid dienone is 1. The second-order valence-corrected chi connectivity index (χ2v) is 9.47. The maximum Gasteiger partial charge on any atom is 0.250 e. The van der Waals surface area contributed by atoms with E-state index < -0.39 is 9.67 Å². The average Bonchev–Trinajstić information content (AvgIpc) is 3.11. The van der Waals surface area contributed by atoms with Crippen LogP contribution in [0.25, 0.3) is 0 Å². The molecule has 0 saturated carbocycles. The van der Waals surface area contributed by atoms with Crippen molar-refractivity contribution in [3.8, 4) is 0 Å². The molecule has 4 nitrogen and oxygen atoms in total. The smallest absolute Gasteiger partial charge is 0.250 e. The van der Waals surface area contributed by atoms with Crippen LogP contribution in [0.15, 0.2) is 23.4 Å². The van der Waals surface area contributed by atoms with Crippen molar-refractivity contribution in [2.45, 2.75) is 42.4 Å². The summed E-state index contributed by atoms with van der Waals surface area (Å²) in [6.45, 7) is 3.84. The van der Waals surface area contributed by atoms with Gasteiger partial charge < -0.3 is 9.64 Å². The van der Waals surface area contributed by atoms with E-state index in [1.165, 1.54) is 24.5 Å². The van der Waals surface area contributed by atoms with Gasteiger partial charge in [-0.1, -0.05) is 13.8 Å². The summed E-state index contributed by atoms with van der Waals surface area (Å²) in [6, 6.07) is -0.224. The number of thiazole rings is 1. The van der Waals surface area contributed by atoms with Crippen LogP contribution < -0.4 is 0 Å². The Hall–Kier alpha value is -0.200. The van der Waals surface area contributed by atoms with Crippen LogP contribution in [0.3, 0.4) is 0 Å². The SMILES string of the molecule is CO/C(=C/C(=O)N(C)C(CC(C)C(Cl)Cl)c1nccs1)CC(C)C(Cl)Cl. The molecule has 1 amide bonds. The zero-order valence-corrected chi connectivity index (χ0v) is 19.0. The van der Waals surface area contributed by atoms with Gasteiger partial charge in [0.05, 0.1) is 13.2 Å². The Morgan fingerprint density at radius 3 is 2.35 bits per heavy atom. The molecule has 0 spiro atoms. The highest BCUT2D eigenvalue weighted by Crippen LogP contribution is 2.32. The largest absolute Gasteiger partial charge is 0.501 e. The van der Waals surface area contributed by atoms with Crippen LogP contribution in [0.5, 0.6) is 0 Å². The molecule has 0 aliphatic carbocycles. The molecule has 0 saturated heterocycles. The summed E-state index contributed by atoms with van der Waals surface area (Å²) in [4.78, 5) is 17.7. The number of likely N-dealkylation sites (N-methyl/N-ethyl adjacent to an activating group) is 1. The number of amides is 1. The number of hydrogen-bond donors (Lipinski definition) is 0. The second kappa shape index (κ2) is 11.6. The van der Waals surface area contributed by atoms with Crippen LogP contribution in [-0.4, -0.2) is 39.6 Å². The molecule has 1 heterocycles. The average molecular weight is 462 g/mol.